The van der Waals surface area contributed by atoms with Gasteiger partial charge >= 0.3 is 11.9 Å². The van der Waals surface area contributed by atoms with E-state index in [-0.39, 0.29) is 32.2 Å². The number of esters is 2. The van der Waals surface area contributed by atoms with Crippen molar-refractivity contribution in [2.75, 3.05) is 33.0 Å². The molecule has 0 heterocycles. The van der Waals surface area contributed by atoms with Gasteiger partial charge in [0.05, 0.1) is 38.3 Å². The highest BCUT2D eigenvalue weighted by Crippen LogP contribution is 2.17. The van der Waals surface area contributed by atoms with Crippen LogP contribution >= 0.6 is 0 Å². The van der Waals surface area contributed by atoms with E-state index in [9.17, 15) is 19.8 Å². The summed E-state index contributed by atoms with van der Waals surface area (Å²) in [5, 5.41) is 18.7. The van der Waals surface area contributed by atoms with E-state index in [4.69, 9.17) is 14.2 Å². The lowest BCUT2D eigenvalue weighted by atomic mass is 9.92. The van der Waals surface area contributed by atoms with Crippen LogP contribution in [-0.2, 0) is 23.8 Å². The number of aliphatic hydroxyl groups is 2. The van der Waals surface area contributed by atoms with Crippen LogP contribution in [0.15, 0.2) is 0 Å². The number of hydrogen-bond acceptors (Lipinski definition) is 7. The number of carbonyl (C=O) groups excluding carboxylic acids is 2. The molecular weight excluding hydrogens is 280 g/mol. The third-order valence-corrected chi connectivity index (χ3v) is 2.53. The van der Waals surface area contributed by atoms with Gasteiger partial charge in [-0.25, -0.2) is 0 Å². The number of rotatable bonds is 9. The molecule has 0 rings (SSSR count). The largest absolute Gasteiger partial charge is 0.465 e. The van der Waals surface area contributed by atoms with Gasteiger partial charge in [0, 0.05) is 6.92 Å². The van der Waals surface area contributed by atoms with E-state index in [0.29, 0.717) is 0 Å². The molecule has 0 unspecified atom stereocenters. The fourth-order valence-corrected chi connectivity index (χ4v) is 1.37. The average Bonchev–Trinajstić information content (AvgIpc) is 2.36. The van der Waals surface area contributed by atoms with E-state index in [1.54, 1.807) is 20.8 Å². The Morgan fingerprint density at radius 1 is 1.05 bits per heavy atom. The fourth-order valence-electron chi connectivity index (χ4n) is 1.37. The Kier molecular flexibility index (Phi) is 8.46. The number of aliphatic hydroxyl groups excluding tert-OH is 2. The summed E-state index contributed by atoms with van der Waals surface area (Å²) in [5.74, 6) is -0.892. The van der Waals surface area contributed by atoms with Crippen LogP contribution in [0, 0.1) is 5.41 Å². The lowest BCUT2D eigenvalue weighted by Gasteiger charge is -2.28. The summed E-state index contributed by atoms with van der Waals surface area (Å²) in [5.41, 5.74) is -1.62. The minimum Gasteiger partial charge on any atom is -0.465 e. The van der Waals surface area contributed by atoms with Crippen molar-refractivity contribution >= 4 is 11.9 Å². The highest BCUT2D eigenvalue weighted by atomic mass is 16.6. The number of ether oxygens (including phenoxy) is 3. The van der Waals surface area contributed by atoms with Crippen molar-refractivity contribution in [1.29, 1.82) is 0 Å². The van der Waals surface area contributed by atoms with E-state index in [1.807, 2.05) is 0 Å². The molecule has 0 bridgehead atoms. The molecule has 2 N–H and O–H groups in total. The average molecular weight is 306 g/mol. The Morgan fingerprint density at radius 2 is 1.62 bits per heavy atom. The second kappa shape index (κ2) is 8.96. The first-order valence-corrected chi connectivity index (χ1v) is 6.79. The Labute approximate surface area is 125 Å². The van der Waals surface area contributed by atoms with Crippen molar-refractivity contribution in [3.05, 3.63) is 0 Å². The third kappa shape index (κ3) is 9.38. The zero-order chi connectivity index (χ0) is 16.5. The van der Waals surface area contributed by atoms with Gasteiger partial charge in [-0.1, -0.05) is 0 Å². The number of carbonyl (C=O) groups is 2. The van der Waals surface area contributed by atoms with Crippen LogP contribution in [0.25, 0.3) is 0 Å². The molecule has 0 aliphatic rings. The molecule has 0 aromatic carbocycles. The van der Waals surface area contributed by atoms with Crippen LogP contribution < -0.4 is 0 Å². The molecule has 0 aromatic heterocycles. The molecule has 0 radical (unpaired) electrons. The van der Waals surface area contributed by atoms with Crippen molar-refractivity contribution in [2.24, 2.45) is 5.41 Å². The lowest BCUT2D eigenvalue weighted by molar-refractivity contribution is -0.157. The lowest BCUT2D eigenvalue weighted by Crippen LogP contribution is -2.40. The van der Waals surface area contributed by atoms with Crippen molar-refractivity contribution < 1.29 is 34.0 Å². The summed E-state index contributed by atoms with van der Waals surface area (Å²) < 4.78 is 15.2. The van der Waals surface area contributed by atoms with Crippen LogP contribution in [0.1, 0.15) is 34.1 Å². The third-order valence-electron chi connectivity index (χ3n) is 2.53. The van der Waals surface area contributed by atoms with Gasteiger partial charge in [-0.15, -0.1) is 0 Å². The first-order chi connectivity index (χ1) is 9.64. The molecule has 0 aliphatic carbocycles. The molecule has 21 heavy (non-hydrogen) atoms. The zero-order valence-electron chi connectivity index (χ0n) is 13.2. The van der Waals surface area contributed by atoms with Gasteiger partial charge < -0.3 is 24.4 Å². The topological polar surface area (TPSA) is 102 Å². The van der Waals surface area contributed by atoms with Gasteiger partial charge in [0.1, 0.15) is 12.2 Å². The SMILES string of the molecule is CC(=O)OCC(CO)(CO)COCCC(=O)OC(C)(C)C. The van der Waals surface area contributed by atoms with Crippen LogP contribution in [0.4, 0.5) is 0 Å². The Balaban J connectivity index is 4.15. The number of hydrogen-bond donors (Lipinski definition) is 2. The summed E-state index contributed by atoms with van der Waals surface area (Å²) in [7, 11) is 0. The Morgan fingerprint density at radius 3 is 2.05 bits per heavy atom. The van der Waals surface area contributed by atoms with Gasteiger partial charge in [0.15, 0.2) is 0 Å². The van der Waals surface area contributed by atoms with Crippen molar-refractivity contribution in [3.8, 4) is 0 Å². The smallest absolute Gasteiger partial charge is 0.308 e. The zero-order valence-corrected chi connectivity index (χ0v) is 13.2. The first-order valence-electron chi connectivity index (χ1n) is 6.79. The van der Waals surface area contributed by atoms with Gasteiger partial charge in [-0.2, -0.15) is 0 Å². The van der Waals surface area contributed by atoms with Gasteiger partial charge in [-0.3, -0.25) is 9.59 Å². The summed E-state index contributed by atoms with van der Waals surface area (Å²) in [6.07, 6.45) is 0.0672. The molecule has 0 amide bonds. The highest BCUT2D eigenvalue weighted by Gasteiger charge is 2.31. The first kappa shape index (κ1) is 19.8. The minimum absolute atomic E-state index is 0.0317. The molecule has 0 aromatic rings. The van der Waals surface area contributed by atoms with Crippen molar-refractivity contribution in [3.63, 3.8) is 0 Å². The molecule has 0 aliphatic heterocycles. The van der Waals surface area contributed by atoms with Crippen LogP contribution in [0.3, 0.4) is 0 Å². The summed E-state index contributed by atoms with van der Waals surface area (Å²) in [6, 6.07) is 0. The molecule has 7 nitrogen and oxygen atoms in total. The molecule has 124 valence electrons. The van der Waals surface area contributed by atoms with Crippen molar-refractivity contribution in [1.82, 2.24) is 0 Å². The predicted molar refractivity (Wildman–Crippen MR) is 74.5 cm³/mol. The maximum atomic E-state index is 11.5. The van der Waals surface area contributed by atoms with Crippen LogP contribution in [-0.4, -0.2) is 60.8 Å². The van der Waals surface area contributed by atoms with E-state index < -0.39 is 30.2 Å². The minimum atomic E-state index is -1.07. The Bertz CT molecular complexity index is 329. The second-order valence-corrected chi connectivity index (χ2v) is 5.99. The quantitative estimate of drug-likeness (QED) is 0.465. The summed E-state index contributed by atoms with van der Waals surface area (Å²) in [6.45, 7) is 5.66. The normalized spacial score (nSPS) is 12.1. The molecule has 0 saturated heterocycles. The standard InChI is InChI=1S/C14H26O7/c1-11(17)20-10-14(7-15,8-16)9-19-6-5-12(18)21-13(2,3)4/h15-16H,5-10H2,1-4H3. The fraction of sp³-hybridized carbons (Fsp3) is 0.857. The molecular formula is C14H26O7. The van der Waals surface area contributed by atoms with Crippen molar-refractivity contribution in [2.45, 2.75) is 39.7 Å². The van der Waals surface area contributed by atoms with Gasteiger partial charge in [0.2, 0.25) is 0 Å². The van der Waals surface area contributed by atoms with E-state index >= 15 is 0 Å². The van der Waals surface area contributed by atoms with Gasteiger partial charge in [-0.05, 0) is 20.8 Å². The molecule has 0 fully saturated rings. The second-order valence-electron chi connectivity index (χ2n) is 5.99. The van der Waals surface area contributed by atoms with Crippen LogP contribution in [0.2, 0.25) is 0 Å². The molecule has 7 heteroatoms. The summed E-state index contributed by atoms with van der Waals surface area (Å²) >= 11 is 0. The summed E-state index contributed by atoms with van der Waals surface area (Å²) in [4.78, 5) is 22.3. The van der Waals surface area contributed by atoms with E-state index in [1.165, 1.54) is 6.92 Å². The Hall–Kier alpha value is -1.18. The van der Waals surface area contributed by atoms with E-state index in [2.05, 4.69) is 0 Å². The predicted octanol–water partition coefficient (Wildman–Crippen LogP) is 0.269. The van der Waals surface area contributed by atoms with Gasteiger partial charge in [0.25, 0.3) is 0 Å². The molecule has 0 atom stereocenters. The highest BCUT2D eigenvalue weighted by molar-refractivity contribution is 5.69. The monoisotopic (exact) mass is 306 g/mol. The maximum Gasteiger partial charge on any atom is 0.308 e. The molecule has 0 saturated carbocycles. The van der Waals surface area contributed by atoms with E-state index in [0.717, 1.165) is 0 Å². The molecule has 0 spiro atoms. The van der Waals surface area contributed by atoms with Crippen LogP contribution in [0.5, 0.6) is 0 Å². The maximum absolute atomic E-state index is 11.5.